The molecule has 1 fully saturated rings. The Morgan fingerprint density at radius 2 is 1.57 bits per heavy atom. The van der Waals surface area contributed by atoms with Crippen molar-refractivity contribution in [1.82, 2.24) is 9.62 Å². The van der Waals surface area contributed by atoms with E-state index >= 15 is 0 Å². The highest BCUT2D eigenvalue weighted by Gasteiger charge is 2.29. The fraction of sp³-hybridized carbons (Fsp3) is 0.333. The monoisotopic (exact) mass is 493 g/mol. The molecule has 4 rings (SSSR count). The van der Waals surface area contributed by atoms with Crippen molar-refractivity contribution in [2.75, 3.05) is 18.4 Å². The van der Waals surface area contributed by atoms with Crippen molar-refractivity contribution in [3.05, 3.63) is 72.3 Å². The molecule has 8 heteroatoms. The second-order valence-corrected chi connectivity index (χ2v) is 11.6. The first kappa shape index (κ1) is 24.9. The molecule has 2 N–H and O–H groups in total. The van der Waals surface area contributed by atoms with Crippen molar-refractivity contribution in [1.29, 1.82) is 0 Å². The zero-order chi connectivity index (χ0) is 25.2. The van der Waals surface area contributed by atoms with Crippen LogP contribution in [0.2, 0.25) is 0 Å². The fourth-order valence-electron chi connectivity index (χ4n) is 4.37. The van der Waals surface area contributed by atoms with E-state index in [9.17, 15) is 18.0 Å². The van der Waals surface area contributed by atoms with Gasteiger partial charge in [0.2, 0.25) is 15.9 Å². The molecule has 35 heavy (non-hydrogen) atoms. The summed E-state index contributed by atoms with van der Waals surface area (Å²) in [4.78, 5) is 28.0. The van der Waals surface area contributed by atoms with Gasteiger partial charge in [-0.25, -0.2) is 13.1 Å². The number of hydrogen-bond donors (Lipinski definition) is 2. The summed E-state index contributed by atoms with van der Waals surface area (Å²) in [6, 6.07) is 19.8. The van der Waals surface area contributed by atoms with E-state index in [-0.39, 0.29) is 22.6 Å². The molecule has 1 saturated heterocycles. The average molecular weight is 494 g/mol. The number of likely N-dealkylation sites (tertiary alicyclic amines) is 1. The van der Waals surface area contributed by atoms with Crippen LogP contribution in [0.25, 0.3) is 10.8 Å². The van der Waals surface area contributed by atoms with E-state index < -0.39 is 15.6 Å². The molecule has 1 heterocycles. The highest BCUT2D eigenvalue weighted by atomic mass is 32.2. The van der Waals surface area contributed by atoms with E-state index in [4.69, 9.17) is 0 Å². The molecule has 3 aromatic rings. The maximum absolute atomic E-state index is 13.2. The summed E-state index contributed by atoms with van der Waals surface area (Å²) in [6.45, 7) is 6.29. The number of rotatable bonds is 5. The summed E-state index contributed by atoms with van der Waals surface area (Å²) >= 11 is 0. The van der Waals surface area contributed by atoms with Crippen LogP contribution in [0.15, 0.2) is 71.6 Å². The molecule has 0 aliphatic carbocycles. The first-order chi connectivity index (χ1) is 16.5. The molecule has 1 aliphatic rings. The van der Waals surface area contributed by atoms with Crippen molar-refractivity contribution in [2.24, 2.45) is 5.92 Å². The number of fused-ring (bicyclic) bond motifs is 1. The van der Waals surface area contributed by atoms with Crippen LogP contribution in [0.4, 0.5) is 5.69 Å². The van der Waals surface area contributed by atoms with Gasteiger partial charge in [0.25, 0.3) is 5.91 Å². The van der Waals surface area contributed by atoms with Crippen molar-refractivity contribution in [2.45, 2.75) is 44.0 Å². The van der Waals surface area contributed by atoms with Gasteiger partial charge in [-0.15, -0.1) is 0 Å². The Hall–Kier alpha value is -3.23. The number of carbonyl (C=O) groups excluding carboxylic acids is 2. The summed E-state index contributed by atoms with van der Waals surface area (Å²) in [5.74, 6) is -0.440. The normalized spacial score (nSPS) is 15.2. The number of nitrogens with one attached hydrogen (secondary N) is 2. The number of sulfonamides is 1. The first-order valence-electron chi connectivity index (χ1n) is 11.8. The Morgan fingerprint density at radius 1 is 0.914 bits per heavy atom. The number of hydrogen-bond acceptors (Lipinski definition) is 4. The molecule has 0 bridgehead atoms. The first-order valence-corrected chi connectivity index (χ1v) is 13.2. The number of carbonyl (C=O) groups is 2. The van der Waals surface area contributed by atoms with Gasteiger partial charge >= 0.3 is 0 Å². The molecule has 0 saturated carbocycles. The molecule has 184 valence electrons. The Kier molecular flexibility index (Phi) is 6.96. The maximum Gasteiger partial charge on any atom is 0.254 e. The smallest absolute Gasteiger partial charge is 0.254 e. The molecule has 2 amide bonds. The third-order valence-electron chi connectivity index (χ3n) is 6.03. The Morgan fingerprint density at radius 3 is 2.29 bits per heavy atom. The third-order valence-corrected chi connectivity index (χ3v) is 7.78. The zero-order valence-corrected chi connectivity index (χ0v) is 21.1. The molecule has 0 spiro atoms. The van der Waals surface area contributed by atoms with E-state index in [1.165, 1.54) is 12.1 Å². The SMILES string of the molecule is CC(C)(C)NS(=O)(=O)c1cccc(NC(=O)C2CCN(C(=O)c3cccc4ccccc34)CC2)c1. The topological polar surface area (TPSA) is 95.6 Å². The van der Waals surface area contributed by atoms with Crippen LogP contribution in [0.1, 0.15) is 44.0 Å². The van der Waals surface area contributed by atoms with Gasteiger partial charge in [0.1, 0.15) is 0 Å². The fourth-order valence-corrected chi connectivity index (χ4v) is 5.84. The Bertz CT molecular complexity index is 1350. The van der Waals surface area contributed by atoms with E-state index in [0.717, 1.165) is 10.8 Å². The number of benzene rings is 3. The third kappa shape index (κ3) is 5.89. The maximum atomic E-state index is 13.2. The van der Waals surface area contributed by atoms with Gasteiger partial charge < -0.3 is 10.2 Å². The number of nitrogens with zero attached hydrogens (tertiary/aromatic N) is 1. The van der Waals surface area contributed by atoms with Crippen LogP contribution in [-0.4, -0.2) is 43.8 Å². The number of amides is 2. The van der Waals surface area contributed by atoms with Crippen LogP contribution >= 0.6 is 0 Å². The lowest BCUT2D eigenvalue weighted by atomic mass is 9.94. The van der Waals surface area contributed by atoms with E-state index in [0.29, 0.717) is 37.2 Å². The number of piperidine rings is 1. The largest absolute Gasteiger partial charge is 0.339 e. The standard InChI is InChI=1S/C27H31N3O4S/c1-27(2,3)29-35(33,34)22-11-7-10-21(18-22)28-25(31)20-14-16-30(17-15-20)26(32)24-13-6-9-19-8-4-5-12-23(19)24/h4-13,18,20,29H,14-17H2,1-3H3,(H,28,31). The van der Waals surface area contributed by atoms with Crippen molar-refractivity contribution >= 4 is 38.3 Å². The molecule has 1 aliphatic heterocycles. The lowest BCUT2D eigenvalue weighted by Crippen LogP contribution is -2.41. The Labute approximate surface area is 206 Å². The quantitative estimate of drug-likeness (QED) is 0.550. The van der Waals surface area contributed by atoms with Crippen LogP contribution in [0.3, 0.4) is 0 Å². The molecule has 0 radical (unpaired) electrons. The molecule has 0 unspecified atom stereocenters. The minimum Gasteiger partial charge on any atom is -0.339 e. The van der Waals surface area contributed by atoms with Crippen LogP contribution in [0, 0.1) is 5.92 Å². The van der Waals surface area contributed by atoms with Gasteiger partial charge in [0.15, 0.2) is 0 Å². The zero-order valence-electron chi connectivity index (χ0n) is 20.2. The molecule has 7 nitrogen and oxygen atoms in total. The van der Waals surface area contributed by atoms with Crippen LogP contribution in [-0.2, 0) is 14.8 Å². The highest BCUT2D eigenvalue weighted by Crippen LogP contribution is 2.25. The molecule has 0 aromatic heterocycles. The molecular weight excluding hydrogens is 462 g/mol. The summed E-state index contributed by atoms with van der Waals surface area (Å²) < 4.78 is 27.9. The van der Waals surface area contributed by atoms with E-state index in [1.54, 1.807) is 37.8 Å². The lowest BCUT2D eigenvalue weighted by molar-refractivity contribution is -0.121. The van der Waals surface area contributed by atoms with E-state index in [1.807, 2.05) is 42.5 Å². The molecular formula is C27H31N3O4S. The Balaban J connectivity index is 1.39. The molecule has 3 aromatic carbocycles. The highest BCUT2D eigenvalue weighted by molar-refractivity contribution is 7.89. The minimum absolute atomic E-state index is 0.0232. The van der Waals surface area contributed by atoms with Gasteiger partial charge in [0, 0.05) is 35.8 Å². The second kappa shape index (κ2) is 9.79. The van der Waals surface area contributed by atoms with Gasteiger partial charge in [-0.2, -0.15) is 0 Å². The van der Waals surface area contributed by atoms with Gasteiger partial charge in [-0.05, 0) is 68.7 Å². The minimum atomic E-state index is -3.71. The summed E-state index contributed by atoms with van der Waals surface area (Å²) in [5.41, 5.74) is 0.490. The van der Waals surface area contributed by atoms with Crippen molar-refractivity contribution < 1.29 is 18.0 Å². The van der Waals surface area contributed by atoms with Crippen LogP contribution in [0.5, 0.6) is 0 Å². The number of anilines is 1. The molecule has 0 atom stereocenters. The van der Waals surface area contributed by atoms with E-state index in [2.05, 4.69) is 10.0 Å². The summed E-state index contributed by atoms with van der Waals surface area (Å²) in [6.07, 6.45) is 1.10. The predicted molar refractivity (Wildman–Crippen MR) is 138 cm³/mol. The second-order valence-electron chi connectivity index (χ2n) is 9.97. The van der Waals surface area contributed by atoms with Gasteiger partial charge in [0.05, 0.1) is 4.90 Å². The van der Waals surface area contributed by atoms with Crippen LogP contribution < -0.4 is 10.0 Å². The summed E-state index contributed by atoms with van der Waals surface area (Å²) in [7, 11) is -3.71. The average Bonchev–Trinajstić information content (AvgIpc) is 2.82. The predicted octanol–water partition coefficient (Wildman–Crippen LogP) is 4.41. The van der Waals surface area contributed by atoms with Gasteiger partial charge in [-0.3, -0.25) is 9.59 Å². The summed E-state index contributed by atoms with van der Waals surface area (Å²) in [5, 5.41) is 4.80. The van der Waals surface area contributed by atoms with Crippen molar-refractivity contribution in [3.63, 3.8) is 0 Å². The lowest BCUT2D eigenvalue weighted by Gasteiger charge is -2.31. The van der Waals surface area contributed by atoms with Gasteiger partial charge in [-0.1, -0.05) is 42.5 Å². The van der Waals surface area contributed by atoms with Crippen molar-refractivity contribution in [3.8, 4) is 0 Å².